The minimum atomic E-state index is -0.440. The predicted octanol–water partition coefficient (Wildman–Crippen LogP) is 3.26. The highest BCUT2D eigenvalue weighted by molar-refractivity contribution is 5.77. The molecular weight excluding hydrogens is 358 g/mol. The molecule has 1 heterocycles. The van der Waals surface area contributed by atoms with E-state index in [9.17, 15) is 14.9 Å². The molecule has 0 bridgehead atoms. The Kier molecular flexibility index (Phi) is 6.21. The first-order valence-corrected chi connectivity index (χ1v) is 9.22. The van der Waals surface area contributed by atoms with Gasteiger partial charge in [-0.25, -0.2) is 4.98 Å². The summed E-state index contributed by atoms with van der Waals surface area (Å²) in [6, 6.07) is 14.4. The zero-order chi connectivity index (χ0) is 19.9. The third-order valence-electron chi connectivity index (χ3n) is 4.49. The summed E-state index contributed by atoms with van der Waals surface area (Å²) >= 11 is 0. The first-order chi connectivity index (χ1) is 13.6. The normalized spacial score (nSPS) is 10.8. The van der Waals surface area contributed by atoms with E-state index in [4.69, 9.17) is 0 Å². The lowest BCUT2D eigenvalue weighted by atomic mass is 10.2. The van der Waals surface area contributed by atoms with Gasteiger partial charge in [0.2, 0.25) is 5.91 Å². The molecule has 8 heteroatoms. The van der Waals surface area contributed by atoms with Crippen LogP contribution in [0, 0.1) is 17.0 Å². The molecule has 0 aliphatic rings. The summed E-state index contributed by atoms with van der Waals surface area (Å²) in [5.41, 5.74) is 2.50. The second-order valence-corrected chi connectivity index (χ2v) is 6.45. The quantitative estimate of drug-likeness (QED) is 0.336. The molecule has 0 spiro atoms. The lowest BCUT2D eigenvalue weighted by Gasteiger charge is -2.09. The number of carbonyl (C=O) groups excluding carboxylic acids is 1. The van der Waals surface area contributed by atoms with E-state index < -0.39 is 4.92 Å². The van der Waals surface area contributed by atoms with Crippen molar-refractivity contribution in [3.63, 3.8) is 0 Å². The maximum Gasteiger partial charge on any atom is 0.292 e. The van der Waals surface area contributed by atoms with E-state index in [1.807, 2.05) is 31.2 Å². The zero-order valence-electron chi connectivity index (χ0n) is 15.7. The van der Waals surface area contributed by atoms with E-state index in [2.05, 4.69) is 20.2 Å². The van der Waals surface area contributed by atoms with Gasteiger partial charge in [-0.05, 0) is 31.5 Å². The van der Waals surface area contributed by atoms with Gasteiger partial charge in [-0.15, -0.1) is 0 Å². The number of benzene rings is 2. The Morgan fingerprint density at radius 3 is 2.71 bits per heavy atom. The first kappa shape index (κ1) is 19.3. The average Bonchev–Trinajstić information content (AvgIpc) is 3.00. The van der Waals surface area contributed by atoms with Crippen LogP contribution in [0.4, 0.5) is 11.4 Å². The summed E-state index contributed by atoms with van der Waals surface area (Å²) in [7, 11) is 0. The number of nitro groups is 1. The summed E-state index contributed by atoms with van der Waals surface area (Å²) in [4.78, 5) is 27.1. The fourth-order valence-corrected chi connectivity index (χ4v) is 3.12. The maximum atomic E-state index is 12.0. The van der Waals surface area contributed by atoms with Gasteiger partial charge in [-0.1, -0.05) is 24.3 Å². The van der Waals surface area contributed by atoms with Gasteiger partial charge in [0, 0.05) is 32.1 Å². The molecule has 0 fully saturated rings. The lowest BCUT2D eigenvalue weighted by Crippen LogP contribution is -2.27. The number of imidazole rings is 1. The van der Waals surface area contributed by atoms with Crippen LogP contribution in [-0.4, -0.2) is 33.5 Å². The Morgan fingerprint density at radius 1 is 1.14 bits per heavy atom. The number of amides is 1. The summed E-state index contributed by atoms with van der Waals surface area (Å²) in [5.74, 6) is 0.875. The summed E-state index contributed by atoms with van der Waals surface area (Å²) in [6.07, 6.45) is 1.05. The number of anilines is 1. The molecule has 146 valence electrons. The number of nitro benzene ring substituents is 1. The van der Waals surface area contributed by atoms with Crippen molar-refractivity contribution in [2.45, 2.75) is 26.3 Å². The Bertz CT molecular complexity index is 983. The van der Waals surface area contributed by atoms with Gasteiger partial charge in [0.25, 0.3) is 5.69 Å². The zero-order valence-corrected chi connectivity index (χ0v) is 15.7. The standard InChI is InChI=1S/C20H23N5O3/c1-15-23-17-8-3-4-9-18(17)24(15)14-6-12-22-20(26)11-13-21-16-7-2-5-10-19(16)25(27)28/h2-5,7-10,21H,6,11-14H2,1H3,(H,22,26). The topological polar surface area (TPSA) is 102 Å². The van der Waals surface area contributed by atoms with Gasteiger partial charge in [0.05, 0.1) is 16.0 Å². The summed E-state index contributed by atoms with van der Waals surface area (Å²) in [6.45, 7) is 3.66. The number of fused-ring (bicyclic) bond motifs is 1. The van der Waals surface area contributed by atoms with Gasteiger partial charge in [0.15, 0.2) is 0 Å². The van der Waals surface area contributed by atoms with Crippen molar-refractivity contribution in [1.29, 1.82) is 0 Å². The number of nitrogens with zero attached hydrogens (tertiary/aromatic N) is 3. The third-order valence-corrected chi connectivity index (χ3v) is 4.49. The van der Waals surface area contributed by atoms with Crippen LogP contribution in [0.1, 0.15) is 18.7 Å². The van der Waals surface area contributed by atoms with Crippen LogP contribution in [0.25, 0.3) is 11.0 Å². The van der Waals surface area contributed by atoms with Crippen LogP contribution in [0.5, 0.6) is 0 Å². The van der Waals surface area contributed by atoms with Gasteiger partial charge in [-0.3, -0.25) is 14.9 Å². The Balaban J connectivity index is 1.40. The molecule has 0 atom stereocenters. The van der Waals surface area contributed by atoms with Crippen molar-refractivity contribution < 1.29 is 9.72 Å². The Hall–Kier alpha value is -3.42. The van der Waals surface area contributed by atoms with Crippen LogP contribution in [0.2, 0.25) is 0 Å². The SMILES string of the molecule is Cc1nc2ccccc2n1CCCNC(=O)CCNc1ccccc1[N+](=O)[O-]. The number of aromatic nitrogens is 2. The van der Waals surface area contributed by atoms with Crippen molar-refractivity contribution >= 4 is 28.3 Å². The highest BCUT2D eigenvalue weighted by Gasteiger charge is 2.12. The second-order valence-electron chi connectivity index (χ2n) is 6.45. The minimum absolute atomic E-state index is 0.00540. The lowest BCUT2D eigenvalue weighted by molar-refractivity contribution is -0.384. The van der Waals surface area contributed by atoms with Crippen molar-refractivity contribution in [3.05, 3.63) is 64.5 Å². The largest absolute Gasteiger partial charge is 0.379 e. The molecule has 8 nitrogen and oxygen atoms in total. The molecule has 0 unspecified atom stereocenters. The van der Waals surface area contributed by atoms with Crippen LogP contribution in [0.3, 0.4) is 0 Å². The molecule has 1 aromatic heterocycles. The van der Waals surface area contributed by atoms with Crippen molar-refractivity contribution in [2.24, 2.45) is 0 Å². The second kappa shape index (κ2) is 8.98. The molecule has 0 saturated carbocycles. The molecular formula is C20H23N5O3. The molecule has 0 aliphatic heterocycles. The number of aryl methyl sites for hydroxylation is 2. The monoisotopic (exact) mass is 381 g/mol. The van der Waals surface area contributed by atoms with Gasteiger partial charge >= 0.3 is 0 Å². The van der Waals surface area contributed by atoms with Crippen molar-refractivity contribution in [1.82, 2.24) is 14.9 Å². The number of para-hydroxylation sites is 4. The maximum absolute atomic E-state index is 12.0. The van der Waals surface area contributed by atoms with E-state index in [1.165, 1.54) is 6.07 Å². The molecule has 0 aliphatic carbocycles. The van der Waals surface area contributed by atoms with Crippen LogP contribution >= 0.6 is 0 Å². The fourth-order valence-electron chi connectivity index (χ4n) is 3.12. The van der Waals surface area contributed by atoms with Crippen molar-refractivity contribution in [2.75, 3.05) is 18.4 Å². The number of hydrogen-bond acceptors (Lipinski definition) is 5. The average molecular weight is 381 g/mol. The van der Waals surface area contributed by atoms with Crippen molar-refractivity contribution in [3.8, 4) is 0 Å². The molecule has 1 amide bonds. The third kappa shape index (κ3) is 4.64. The van der Waals surface area contributed by atoms with Crippen LogP contribution in [-0.2, 0) is 11.3 Å². The number of carbonyl (C=O) groups is 1. The molecule has 2 N–H and O–H groups in total. The first-order valence-electron chi connectivity index (χ1n) is 9.22. The Labute approximate surface area is 162 Å². The summed E-state index contributed by atoms with van der Waals surface area (Å²) in [5, 5.41) is 16.8. The van der Waals surface area contributed by atoms with E-state index in [0.29, 0.717) is 18.8 Å². The van der Waals surface area contributed by atoms with Crippen LogP contribution in [0.15, 0.2) is 48.5 Å². The molecule has 2 aromatic carbocycles. The fraction of sp³-hybridized carbons (Fsp3) is 0.300. The minimum Gasteiger partial charge on any atom is -0.379 e. The molecule has 0 radical (unpaired) electrons. The molecule has 3 aromatic rings. The molecule has 28 heavy (non-hydrogen) atoms. The van der Waals surface area contributed by atoms with E-state index in [-0.39, 0.29) is 18.0 Å². The Morgan fingerprint density at radius 2 is 1.89 bits per heavy atom. The molecule has 0 saturated heterocycles. The van der Waals surface area contributed by atoms with Gasteiger partial charge in [-0.2, -0.15) is 0 Å². The van der Waals surface area contributed by atoms with E-state index in [0.717, 1.165) is 29.8 Å². The van der Waals surface area contributed by atoms with E-state index >= 15 is 0 Å². The van der Waals surface area contributed by atoms with E-state index in [1.54, 1.807) is 18.2 Å². The number of hydrogen-bond donors (Lipinski definition) is 2. The molecule has 3 rings (SSSR count). The highest BCUT2D eigenvalue weighted by Crippen LogP contribution is 2.22. The van der Waals surface area contributed by atoms with Crippen LogP contribution < -0.4 is 10.6 Å². The van der Waals surface area contributed by atoms with Gasteiger partial charge in [0.1, 0.15) is 11.5 Å². The highest BCUT2D eigenvalue weighted by atomic mass is 16.6. The summed E-state index contributed by atoms with van der Waals surface area (Å²) < 4.78 is 2.15. The predicted molar refractivity (Wildman–Crippen MR) is 108 cm³/mol. The number of nitrogens with one attached hydrogen (secondary N) is 2. The van der Waals surface area contributed by atoms with Gasteiger partial charge < -0.3 is 15.2 Å². The number of rotatable bonds is 9. The smallest absolute Gasteiger partial charge is 0.292 e.